The van der Waals surface area contributed by atoms with Gasteiger partial charge in [-0.3, -0.25) is 0 Å². The molecule has 0 fully saturated rings. The molecule has 1 aliphatic rings. The molecule has 23 heavy (non-hydrogen) atoms. The minimum Gasteiger partial charge on any atom is -0.472 e. The first kappa shape index (κ1) is 14.6. The normalized spacial score (nSPS) is 17.2. The van der Waals surface area contributed by atoms with Crippen molar-refractivity contribution in [3.63, 3.8) is 0 Å². The molecule has 0 radical (unpaired) electrons. The molecule has 0 saturated carbocycles. The topological polar surface area (TPSA) is 35.0 Å². The molecule has 1 aromatic carbocycles. The summed E-state index contributed by atoms with van der Waals surface area (Å²) in [5, 5.41) is 1.15. The molecular formula is C19H20N2OS. The van der Waals surface area contributed by atoms with Crippen molar-refractivity contribution < 1.29 is 4.74 Å². The van der Waals surface area contributed by atoms with E-state index in [0.29, 0.717) is 6.61 Å². The highest BCUT2D eigenvalue weighted by atomic mass is 32.1. The standard InChI is InChI=1S/C19H20N2OS/c1-12-7-8-15-16(9-12)23-19-17(15)18(20-11-21-19)22-10-14-6-4-3-5-13(14)2/h3-6,11-12H,7-10H2,1-2H3/t12-/m1/s1. The van der Waals surface area contributed by atoms with Gasteiger partial charge in [-0.25, -0.2) is 9.97 Å². The number of rotatable bonds is 3. The first-order chi connectivity index (χ1) is 11.2. The molecule has 0 spiro atoms. The highest BCUT2D eigenvalue weighted by molar-refractivity contribution is 7.18. The Hall–Kier alpha value is -1.94. The Morgan fingerprint density at radius 3 is 3.00 bits per heavy atom. The molecule has 4 heteroatoms. The summed E-state index contributed by atoms with van der Waals surface area (Å²) in [7, 11) is 0. The summed E-state index contributed by atoms with van der Waals surface area (Å²) >= 11 is 1.81. The summed E-state index contributed by atoms with van der Waals surface area (Å²) in [5.41, 5.74) is 3.87. The minimum atomic E-state index is 0.555. The van der Waals surface area contributed by atoms with Crippen LogP contribution in [-0.4, -0.2) is 9.97 Å². The molecule has 0 aliphatic heterocycles. The fourth-order valence-electron chi connectivity index (χ4n) is 3.27. The number of thiophene rings is 1. The molecule has 3 aromatic rings. The van der Waals surface area contributed by atoms with Crippen LogP contribution in [0.1, 0.15) is 34.9 Å². The van der Waals surface area contributed by atoms with Gasteiger partial charge in [0.1, 0.15) is 17.8 Å². The van der Waals surface area contributed by atoms with Crippen molar-refractivity contribution in [3.05, 3.63) is 52.2 Å². The third-order valence-corrected chi connectivity index (χ3v) is 5.84. The van der Waals surface area contributed by atoms with Crippen LogP contribution in [0.5, 0.6) is 5.88 Å². The lowest BCUT2D eigenvalue weighted by Crippen LogP contribution is -2.09. The second-order valence-corrected chi connectivity index (χ2v) is 7.51. The lowest BCUT2D eigenvalue weighted by molar-refractivity contribution is 0.296. The number of fused-ring (bicyclic) bond motifs is 3. The summed E-state index contributed by atoms with van der Waals surface area (Å²) in [6.45, 7) is 5.00. The van der Waals surface area contributed by atoms with Crippen LogP contribution in [0.3, 0.4) is 0 Å². The van der Waals surface area contributed by atoms with E-state index in [1.165, 1.54) is 28.0 Å². The molecule has 2 aromatic heterocycles. The Morgan fingerprint density at radius 1 is 1.26 bits per heavy atom. The number of aryl methyl sites for hydroxylation is 2. The van der Waals surface area contributed by atoms with Gasteiger partial charge in [0.05, 0.1) is 5.39 Å². The van der Waals surface area contributed by atoms with Crippen LogP contribution in [0.15, 0.2) is 30.6 Å². The van der Waals surface area contributed by atoms with Gasteiger partial charge in [0, 0.05) is 4.88 Å². The first-order valence-electron chi connectivity index (χ1n) is 8.15. The third kappa shape index (κ3) is 2.72. The molecule has 0 saturated heterocycles. The smallest absolute Gasteiger partial charge is 0.225 e. The Kier molecular flexibility index (Phi) is 3.77. The van der Waals surface area contributed by atoms with E-state index in [1.54, 1.807) is 6.33 Å². The molecule has 3 nitrogen and oxygen atoms in total. The summed E-state index contributed by atoms with van der Waals surface area (Å²) < 4.78 is 6.09. The van der Waals surface area contributed by atoms with E-state index in [-0.39, 0.29) is 0 Å². The molecule has 0 bridgehead atoms. The molecule has 1 atom stereocenters. The van der Waals surface area contributed by atoms with Crippen molar-refractivity contribution in [1.29, 1.82) is 0 Å². The second-order valence-electron chi connectivity index (χ2n) is 6.43. The zero-order valence-electron chi connectivity index (χ0n) is 13.5. The molecule has 0 N–H and O–H groups in total. The van der Waals surface area contributed by atoms with E-state index in [1.807, 2.05) is 11.3 Å². The summed E-state index contributed by atoms with van der Waals surface area (Å²) in [6.07, 6.45) is 5.14. The van der Waals surface area contributed by atoms with Gasteiger partial charge in [0.25, 0.3) is 0 Å². The van der Waals surface area contributed by atoms with Crippen molar-refractivity contribution in [2.45, 2.75) is 39.7 Å². The van der Waals surface area contributed by atoms with Gasteiger partial charge in [-0.2, -0.15) is 0 Å². The minimum absolute atomic E-state index is 0.555. The van der Waals surface area contributed by atoms with E-state index in [9.17, 15) is 0 Å². The zero-order valence-corrected chi connectivity index (χ0v) is 14.3. The number of aromatic nitrogens is 2. The van der Waals surface area contributed by atoms with Crippen molar-refractivity contribution in [3.8, 4) is 5.88 Å². The fraction of sp³-hybridized carbons (Fsp3) is 0.368. The van der Waals surface area contributed by atoms with E-state index in [2.05, 4.69) is 48.1 Å². The molecule has 2 heterocycles. The van der Waals surface area contributed by atoms with E-state index in [4.69, 9.17) is 4.74 Å². The van der Waals surface area contributed by atoms with Gasteiger partial charge in [0.15, 0.2) is 0 Å². The number of benzene rings is 1. The van der Waals surface area contributed by atoms with Crippen LogP contribution < -0.4 is 4.74 Å². The van der Waals surface area contributed by atoms with Gasteiger partial charge in [-0.15, -0.1) is 11.3 Å². The van der Waals surface area contributed by atoms with Gasteiger partial charge >= 0.3 is 0 Å². The zero-order chi connectivity index (χ0) is 15.8. The van der Waals surface area contributed by atoms with E-state index in [0.717, 1.165) is 34.9 Å². The van der Waals surface area contributed by atoms with Crippen LogP contribution in [0, 0.1) is 12.8 Å². The van der Waals surface area contributed by atoms with Crippen LogP contribution in [-0.2, 0) is 19.4 Å². The SMILES string of the molecule is Cc1ccccc1COc1ncnc2sc3c(c12)CC[C@@H](C)C3. The predicted molar refractivity (Wildman–Crippen MR) is 94.1 cm³/mol. The first-order valence-corrected chi connectivity index (χ1v) is 8.96. The van der Waals surface area contributed by atoms with Crippen LogP contribution in [0.2, 0.25) is 0 Å². The number of ether oxygens (including phenoxy) is 1. The molecule has 4 rings (SSSR count). The Morgan fingerprint density at radius 2 is 2.13 bits per heavy atom. The highest BCUT2D eigenvalue weighted by Gasteiger charge is 2.23. The molecule has 0 unspecified atom stereocenters. The van der Waals surface area contributed by atoms with Crippen molar-refractivity contribution in [1.82, 2.24) is 9.97 Å². The molecule has 1 aliphatic carbocycles. The Labute approximate surface area is 140 Å². The van der Waals surface area contributed by atoms with Crippen molar-refractivity contribution in [2.24, 2.45) is 5.92 Å². The predicted octanol–water partition coefficient (Wildman–Crippen LogP) is 4.70. The van der Waals surface area contributed by atoms with Crippen LogP contribution in [0.25, 0.3) is 10.2 Å². The van der Waals surface area contributed by atoms with Gasteiger partial charge in [0.2, 0.25) is 5.88 Å². The monoisotopic (exact) mass is 324 g/mol. The molecular weight excluding hydrogens is 304 g/mol. The third-order valence-electron chi connectivity index (χ3n) is 4.68. The highest BCUT2D eigenvalue weighted by Crippen LogP contribution is 2.40. The average Bonchev–Trinajstić information content (AvgIpc) is 2.92. The lowest BCUT2D eigenvalue weighted by Gasteiger charge is -2.18. The van der Waals surface area contributed by atoms with E-state index >= 15 is 0 Å². The maximum atomic E-state index is 6.09. The maximum absolute atomic E-state index is 6.09. The Balaban J connectivity index is 1.69. The summed E-state index contributed by atoms with van der Waals surface area (Å²) in [5.74, 6) is 1.50. The number of hydrogen-bond acceptors (Lipinski definition) is 4. The van der Waals surface area contributed by atoms with E-state index < -0.39 is 0 Å². The van der Waals surface area contributed by atoms with Crippen LogP contribution in [0.4, 0.5) is 0 Å². The quantitative estimate of drug-likeness (QED) is 0.700. The maximum Gasteiger partial charge on any atom is 0.225 e. The summed E-state index contributed by atoms with van der Waals surface area (Å²) in [4.78, 5) is 11.4. The number of hydrogen-bond donors (Lipinski definition) is 0. The molecule has 118 valence electrons. The Bertz CT molecular complexity index is 856. The van der Waals surface area contributed by atoms with Crippen LogP contribution >= 0.6 is 11.3 Å². The van der Waals surface area contributed by atoms with Gasteiger partial charge in [-0.1, -0.05) is 31.2 Å². The van der Waals surface area contributed by atoms with Gasteiger partial charge in [-0.05, 0) is 48.8 Å². The lowest BCUT2D eigenvalue weighted by atomic mass is 9.89. The van der Waals surface area contributed by atoms with Crippen molar-refractivity contribution in [2.75, 3.05) is 0 Å². The second kappa shape index (κ2) is 5.93. The summed E-state index contributed by atoms with van der Waals surface area (Å²) in [6, 6.07) is 8.33. The largest absolute Gasteiger partial charge is 0.472 e. The van der Waals surface area contributed by atoms with Crippen molar-refractivity contribution >= 4 is 21.6 Å². The van der Waals surface area contributed by atoms with Gasteiger partial charge < -0.3 is 4.74 Å². The number of nitrogens with zero attached hydrogens (tertiary/aromatic N) is 2. The average molecular weight is 324 g/mol. The fourth-order valence-corrected chi connectivity index (χ4v) is 4.61. The molecule has 0 amide bonds.